The average molecular weight is 379 g/mol. The standard InChI is InChI=1S/C14H22FN3.HI/c1-11(2)6-8-17-14(16)18-9-7-12-4-3-5-13(15)10-12;/h3-5,10-11H,6-9H2,1-2H3,(H3,16,17,18);1H. The third-order valence-corrected chi connectivity index (χ3v) is 2.60. The van der Waals surface area contributed by atoms with Gasteiger partial charge in [0.05, 0.1) is 0 Å². The number of halogens is 2. The Morgan fingerprint density at radius 3 is 2.79 bits per heavy atom. The lowest BCUT2D eigenvalue weighted by Gasteiger charge is -2.06. The minimum Gasteiger partial charge on any atom is -0.370 e. The molecule has 0 fully saturated rings. The summed E-state index contributed by atoms with van der Waals surface area (Å²) in [6.07, 6.45) is 1.77. The summed E-state index contributed by atoms with van der Waals surface area (Å²) in [5, 5.41) is 3.03. The number of hydrogen-bond donors (Lipinski definition) is 2. The van der Waals surface area contributed by atoms with Crippen LogP contribution in [0.5, 0.6) is 0 Å². The Labute approximate surface area is 131 Å². The van der Waals surface area contributed by atoms with Crippen LogP contribution < -0.4 is 11.1 Å². The maximum Gasteiger partial charge on any atom is 0.188 e. The summed E-state index contributed by atoms with van der Waals surface area (Å²) in [6.45, 7) is 5.73. The van der Waals surface area contributed by atoms with E-state index in [-0.39, 0.29) is 29.8 Å². The van der Waals surface area contributed by atoms with E-state index in [0.717, 1.165) is 24.9 Å². The van der Waals surface area contributed by atoms with Gasteiger partial charge in [-0.3, -0.25) is 4.99 Å². The van der Waals surface area contributed by atoms with Crippen LogP contribution in [0.2, 0.25) is 0 Å². The summed E-state index contributed by atoms with van der Waals surface area (Å²) in [7, 11) is 0. The molecule has 0 aliphatic carbocycles. The molecule has 3 nitrogen and oxygen atoms in total. The summed E-state index contributed by atoms with van der Waals surface area (Å²) in [6, 6.07) is 6.59. The Balaban J connectivity index is 0.00000324. The fraction of sp³-hybridized carbons (Fsp3) is 0.500. The lowest BCUT2D eigenvalue weighted by molar-refractivity contribution is 0.595. The maximum absolute atomic E-state index is 12.9. The molecule has 108 valence electrons. The Morgan fingerprint density at radius 1 is 1.42 bits per heavy atom. The van der Waals surface area contributed by atoms with E-state index < -0.39 is 0 Å². The van der Waals surface area contributed by atoms with E-state index in [9.17, 15) is 4.39 Å². The van der Waals surface area contributed by atoms with Gasteiger partial charge in [0, 0.05) is 13.1 Å². The summed E-state index contributed by atoms with van der Waals surface area (Å²) < 4.78 is 12.9. The molecule has 1 aromatic carbocycles. The van der Waals surface area contributed by atoms with Gasteiger partial charge in [-0.2, -0.15) is 0 Å². The predicted molar refractivity (Wildman–Crippen MR) is 89.5 cm³/mol. The molecule has 0 atom stereocenters. The Bertz CT molecular complexity index is 394. The first-order chi connectivity index (χ1) is 8.58. The average Bonchev–Trinajstić information content (AvgIpc) is 2.28. The Morgan fingerprint density at radius 2 is 2.16 bits per heavy atom. The molecule has 19 heavy (non-hydrogen) atoms. The van der Waals surface area contributed by atoms with E-state index >= 15 is 0 Å². The summed E-state index contributed by atoms with van der Waals surface area (Å²) in [5.74, 6) is 0.895. The van der Waals surface area contributed by atoms with Gasteiger partial charge in [-0.05, 0) is 36.5 Å². The van der Waals surface area contributed by atoms with Crippen LogP contribution in [0.1, 0.15) is 25.8 Å². The van der Waals surface area contributed by atoms with Gasteiger partial charge >= 0.3 is 0 Å². The zero-order chi connectivity index (χ0) is 13.4. The highest BCUT2D eigenvalue weighted by molar-refractivity contribution is 14.0. The monoisotopic (exact) mass is 379 g/mol. The first-order valence-corrected chi connectivity index (χ1v) is 6.36. The van der Waals surface area contributed by atoms with Crippen molar-refractivity contribution in [3.8, 4) is 0 Å². The molecule has 0 unspecified atom stereocenters. The zero-order valence-electron chi connectivity index (χ0n) is 11.5. The van der Waals surface area contributed by atoms with Crippen molar-refractivity contribution in [2.75, 3.05) is 13.1 Å². The quantitative estimate of drug-likeness (QED) is 0.454. The number of aliphatic imine (C=N–C) groups is 1. The molecule has 1 aromatic rings. The number of guanidine groups is 1. The number of nitrogens with one attached hydrogen (secondary N) is 1. The summed E-state index contributed by atoms with van der Waals surface area (Å²) >= 11 is 0. The largest absolute Gasteiger partial charge is 0.370 e. The molecule has 0 saturated heterocycles. The third-order valence-electron chi connectivity index (χ3n) is 2.60. The fourth-order valence-electron chi connectivity index (χ4n) is 1.53. The van der Waals surface area contributed by atoms with Crippen LogP contribution >= 0.6 is 24.0 Å². The van der Waals surface area contributed by atoms with Crippen molar-refractivity contribution in [1.29, 1.82) is 0 Å². The van der Waals surface area contributed by atoms with Crippen molar-refractivity contribution in [3.05, 3.63) is 35.6 Å². The second-order valence-electron chi connectivity index (χ2n) is 4.76. The molecule has 1 rings (SSSR count). The second kappa shape index (κ2) is 10.00. The van der Waals surface area contributed by atoms with Crippen LogP contribution in [0.4, 0.5) is 4.39 Å². The first-order valence-electron chi connectivity index (χ1n) is 6.36. The smallest absolute Gasteiger partial charge is 0.188 e. The minimum absolute atomic E-state index is 0. The molecule has 0 aliphatic heterocycles. The van der Waals surface area contributed by atoms with Gasteiger partial charge in [-0.15, -0.1) is 24.0 Å². The highest BCUT2D eigenvalue weighted by Crippen LogP contribution is 2.03. The maximum atomic E-state index is 12.9. The Hall–Kier alpha value is -0.850. The van der Waals surface area contributed by atoms with Crippen molar-refractivity contribution >= 4 is 29.9 Å². The van der Waals surface area contributed by atoms with E-state index in [4.69, 9.17) is 5.73 Å². The molecule has 0 amide bonds. The molecule has 3 N–H and O–H groups in total. The van der Waals surface area contributed by atoms with Crippen LogP contribution in [0, 0.1) is 11.7 Å². The highest BCUT2D eigenvalue weighted by atomic mass is 127. The normalized spacial score (nSPS) is 11.3. The fourth-order valence-corrected chi connectivity index (χ4v) is 1.53. The molecule has 0 saturated carbocycles. The van der Waals surface area contributed by atoms with Gasteiger partial charge in [0.1, 0.15) is 5.82 Å². The van der Waals surface area contributed by atoms with E-state index in [0.29, 0.717) is 18.4 Å². The van der Waals surface area contributed by atoms with E-state index in [2.05, 4.69) is 24.2 Å². The van der Waals surface area contributed by atoms with Crippen molar-refractivity contribution < 1.29 is 4.39 Å². The molecule has 0 aliphatic rings. The highest BCUT2D eigenvalue weighted by Gasteiger charge is 1.97. The molecule has 0 bridgehead atoms. The first kappa shape index (κ1) is 18.1. The van der Waals surface area contributed by atoms with Crippen LogP contribution in [0.3, 0.4) is 0 Å². The molecule has 0 heterocycles. The number of nitrogens with zero attached hydrogens (tertiary/aromatic N) is 1. The molecular weight excluding hydrogens is 356 g/mol. The predicted octanol–water partition coefficient (Wildman–Crippen LogP) is 2.94. The number of benzene rings is 1. The Kier molecular flexibility index (Phi) is 9.55. The van der Waals surface area contributed by atoms with Crippen molar-refractivity contribution in [2.24, 2.45) is 16.6 Å². The third kappa shape index (κ3) is 8.80. The van der Waals surface area contributed by atoms with Crippen LogP contribution in [-0.2, 0) is 6.42 Å². The van der Waals surface area contributed by atoms with E-state index in [1.165, 1.54) is 12.1 Å². The van der Waals surface area contributed by atoms with Gasteiger partial charge in [-0.25, -0.2) is 4.39 Å². The molecule has 5 heteroatoms. The van der Waals surface area contributed by atoms with Gasteiger partial charge in [0.2, 0.25) is 0 Å². The second-order valence-corrected chi connectivity index (χ2v) is 4.76. The topological polar surface area (TPSA) is 50.4 Å². The van der Waals surface area contributed by atoms with Crippen LogP contribution in [-0.4, -0.2) is 19.0 Å². The van der Waals surface area contributed by atoms with Gasteiger partial charge in [-0.1, -0.05) is 26.0 Å². The lowest BCUT2D eigenvalue weighted by Crippen LogP contribution is -2.33. The van der Waals surface area contributed by atoms with Gasteiger partial charge in [0.15, 0.2) is 5.96 Å². The van der Waals surface area contributed by atoms with Gasteiger partial charge < -0.3 is 11.1 Å². The minimum atomic E-state index is -0.203. The molecule has 0 spiro atoms. The lowest BCUT2D eigenvalue weighted by atomic mass is 10.1. The summed E-state index contributed by atoms with van der Waals surface area (Å²) in [5.41, 5.74) is 6.67. The van der Waals surface area contributed by atoms with Crippen LogP contribution in [0.15, 0.2) is 29.3 Å². The van der Waals surface area contributed by atoms with Crippen molar-refractivity contribution in [1.82, 2.24) is 5.32 Å². The molecule has 0 aromatic heterocycles. The van der Waals surface area contributed by atoms with Crippen molar-refractivity contribution in [3.63, 3.8) is 0 Å². The van der Waals surface area contributed by atoms with E-state index in [1.54, 1.807) is 6.07 Å². The number of nitrogens with two attached hydrogens (primary N) is 1. The van der Waals surface area contributed by atoms with E-state index in [1.807, 2.05) is 6.07 Å². The summed E-state index contributed by atoms with van der Waals surface area (Å²) in [4.78, 5) is 4.22. The number of hydrogen-bond acceptors (Lipinski definition) is 1. The molecule has 0 radical (unpaired) electrons. The molecular formula is C14H23FIN3. The van der Waals surface area contributed by atoms with Gasteiger partial charge in [0.25, 0.3) is 0 Å². The zero-order valence-corrected chi connectivity index (χ0v) is 13.9. The van der Waals surface area contributed by atoms with Crippen molar-refractivity contribution in [2.45, 2.75) is 26.7 Å². The SMILES string of the molecule is CC(C)CCN=C(N)NCCc1cccc(F)c1.I. The van der Waals surface area contributed by atoms with Crippen LogP contribution in [0.25, 0.3) is 0 Å². The number of rotatable bonds is 6.